The van der Waals surface area contributed by atoms with Gasteiger partial charge in [0.25, 0.3) is 6.43 Å². The third-order valence-corrected chi connectivity index (χ3v) is 4.11. The van der Waals surface area contributed by atoms with Crippen molar-refractivity contribution in [3.05, 3.63) is 27.0 Å². The molecule has 1 atom stereocenters. The van der Waals surface area contributed by atoms with Gasteiger partial charge in [0, 0.05) is 37.9 Å². The van der Waals surface area contributed by atoms with Crippen molar-refractivity contribution in [1.82, 2.24) is 15.2 Å². The molecular weight excluding hydrogens is 389 g/mol. The molecule has 0 saturated carbocycles. The van der Waals surface area contributed by atoms with Gasteiger partial charge >= 0.3 is 0 Å². The van der Waals surface area contributed by atoms with Gasteiger partial charge in [-0.25, -0.2) is 13.8 Å². The highest BCUT2D eigenvalue weighted by molar-refractivity contribution is 6.43. The van der Waals surface area contributed by atoms with Crippen LogP contribution in [0.2, 0.25) is 15.2 Å². The van der Waals surface area contributed by atoms with E-state index in [9.17, 15) is 8.78 Å². The summed E-state index contributed by atoms with van der Waals surface area (Å²) in [5.41, 5.74) is 0.153. The molecule has 0 radical (unpaired) electrons. The molecule has 1 saturated heterocycles. The second-order valence-electron chi connectivity index (χ2n) is 4.19. The molecule has 0 bridgehead atoms. The number of hydrogen-bond donors (Lipinski definition) is 1. The molecule has 21 heavy (non-hydrogen) atoms. The SMILES string of the molecule is Cl.Cl.FC(F)[C@H](c1c(Cl)cnc(Cl)c1Cl)N1CCNCC1. The van der Waals surface area contributed by atoms with Crippen LogP contribution in [0.1, 0.15) is 11.6 Å². The monoisotopic (exact) mass is 401 g/mol. The molecule has 1 aromatic heterocycles. The van der Waals surface area contributed by atoms with E-state index in [1.807, 2.05) is 0 Å². The van der Waals surface area contributed by atoms with E-state index in [0.717, 1.165) is 0 Å². The lowest BCUT2D eigenvalue weighted by atomic mass is 10.1. The van der Waals surface area contributed by atoms with Gasteiger partial charge in [-0.15, -0.1) is 24.8 Å². The second kappa shape index (κ2) is 9.50. The van der Waals surface area contributed by atoms with Crippen molar-refractivity contribution in [2.75, 3.05) is 26.2 Å². The van der Waals surface area contributed by atoms with Crippen LogP contribution in [0.15, 0.2) is 6.20 Å². The van der Waals surface area contributed by atoms with E-state index >= 15 is 0 Å². The summed E-state index contributed by atoms with van der Waals surface area (Å²) < 4.78 is 26.8. The quantitative estimate of drug-likeness (QED) is 0.771. The highest BCUT2D eigenvalue weighted by Gasteiger charge is 2.34. The fraction of sp³-hybridized carbons (Fsp3) is 0.545. The highest BCUT2D eigenvalue weighted by atomic mass is 35.5. The van der Waals surface area contributed by atoms with Crippen LogP contribution >= 0.6 is 59.6 Å². The Morgan fingerprint density at radius 2 is 1.71 bits per heavy atom. The first-order chi connectivity index (χ1) is 9.02. The fourth-order valence-corrected chi connectivity index (χ4v) is 2.87. The maximum Gasteiger partial charge on any atom is 0.258 e. The van der Waals surface area contributed by atoms with Gasteiger partial charge in [0.15, 0.2) is 0 Å². The molecule has 0 unspecified atom stereocenters. The Balaban J connectivity index is 0.00000200. The van der Waals surface area contributed by atoms with Crippen molar-refractivity contribution in [1.29, 1.82) is 0 Å². The van der Waals surface area contributed by atoms with Crippen LogP contribution in [0.3, 0.4) is 0 Å². The molecule has 0 amide bonds. The Morgan fingerprint density at radius 3 is 2.24 bits per heavy atom. The van der Waals surface area contributed by atoms with Crippen LogP contribution in [0.25, 0.3) is 0 Å². The molecule has 3 nitrogen and oxygen atoms in total. The summed E-state index contributed by atoms with van der Waals surface area (Å²) in [7, 11) is 0. The van der Waals surface area contributed by atoms with Gasteiger partial charge in [-0.1, -0.05) is 34.8 Å². The normalized spacial score (nSPS) is 17.0. The van der Waals surface area contributed by atoms with E-state index in [-0.39, 0.29) is 45.6 Å². The lowest BCUT2D eigenvalue weighted by Crippen LogP contribution is -2.47. The molecule has 1 aromatic rings. The second-order valence-corrected chi connectivity index (χ2v) is 5.33. The van der Waals surface area contributed by atoms with Crippen molar-refractivity contribution < 1.29 is 8.78 Å². The van der Waals surface area contributed by atoms with Gasteiger partial charge < -0.3 is 5.32 Å². The Bertz CT molecular complexity index is 458. The molecule has 0 aromatic carbocycles. The van der Waals surface area contributed by atoms with E-state index in [4.69, 9.17) is 34.8 Å². The summed E-state index contributed by atoms with van der Waals surface area (Å²) in [6, 6.07) is -1.16. The van der Waals surface area contributed by atoms with Crippen molar-refractivity contribution in [2.24, 2.45) is 0 Å². The van der Waals surface area contributed by atoms with E-state index < -0.39 is 12.5 Å². The summed E-state index contributed by atoms with van der Waals surface area (Å²) in [5, 5.41) is 3.21. The van der Waals surface area contributed by atoms with Crippen LogP contribution < -0.4 is 5.32 Å². The molecule has 1 aliphatic rings. The molecule has 2 heterocycles. The number of hydrogen-bond acceptors (Lipinski definition) is 3. The molecule has 10 heteroatoms. The van der Waals surface area contributed by atoms with Crippen molar-refractivity contribution >= 4 is 59.6 Å². The average Bonchev–Trinajstić information content (AvgIpc) is 2.39. The first kappa shape index (κ1) is 21.4. The van der Waals surface area contributed by atoms with Crippen molar-refractivity contribution in [2.45, 2.75) is 12.5 Å². The number of piperazine rings is 1. The number of aromatic nitrogens is 1. The van der Waals surface area contributed by atoms with Crippen molar-refractivity contribution in [3.63, 3.8) is 0 Å². The number of pyridine rings is 1. The zero-order chi connectivity index (χ0) is 14.0. The maximum atomic E-state index is 13.4. The van der Waals surface area contributed by atoms with E-state index in [0.29, 0.717) is 26.2 Å². The van der Waals surface area contributed by atoms with Crippen LogP contribution in [-0.2, 0) is 0 Å². The van der Waals surface area contributed by atoms with Gasteiger partial charge in [0.05, 0.1) is 16.1 Å². The number of nitrogens with one attached hydrogen (secondary N) is 1. The predicted octanol–water partition coefficient (Wildman–Crippen LogP) is 4.10. The standard InChI is InChI=1S/C11H12Cl3F2N3.2ClH/c12-6-5-18-10(14)8(13)7(6)9(11(15)16)19-3-1-17-2-4-19;;/h5,9,11,17H,1-4H2;2*1H/t9-;;/m0../s1. The topological polar surface area (TPSA) is 28.2 Å². The van der Waals surface area contributed by atoms with Crippen LogP contribution in [0, 0.1) is 0 Å². The summed E-state index contributed by atoms with van der Waals surface area (Å²) in [4.78, 5) is 5.41. The largest absolute Gasteiger partial charge is 0.314 e. The number of nitrogens with zero attached hydrogens (tertiary/aromatic N) is 2. The summed E-state index contributed by atoms with van der Waals surface area (Å²) in [5.74, 6) is 0. The van der Waals surface area contributed by atoms with E-state index in [1.165, 1.54) is 6.20 Å². The molecule has 1 aliphatic heterocycles. The zero-order valence-electron chi connectivity index (χ0n) is 10.7. The first-order valence-electron chi connectivity index (χ1n) is 5.74. The smallest absolute Gasteiger partial charge is 0.258 e. The van der Waals surface area contributed by atoms with Gasteiger partial charge in [0.2, 0.25) is 0 Å². The Morgan fingerprint density at radius 1 is 1.14 bits per heavy atom. The molecule has 0 spiro atoms. The minimum Gasteiger partial charge on any atom is -0.314 e. The zero-order valence-corrected chi connectivity index (χ0v) is 14.6. The van der Waals surface area contributed by atoms with Crippen LogP contribution in [-0.4, -0.2) is 42.5 Å². The molecular formula is C11H14Cl5F2N3. The van der Waals surface area contributed by atoms with Gasteiger partial charge in [0.1, 0.15) is 5.15 Å². The molecule has 1 N–H and O–H groups in total. The number of alkyl halides is 2. The summed E-state index contributed by atoms with van der Waals surface area (Å²) in [6.45, 7) is 2.30. The van der Waals surface area contributed by atoms with Crippen LogP contribution in [0.5, 0.6) is 0 Å². The van der Waals surface area contributed by atoms with E-state index in [1.54, 1.807) is 4.90 Å². The fourth-order valence-electron chi connectivity index (χ4n) is 2.15. The third-order valence-electron chi connectivity index (χ3n) is 3.05. The van der Waals surface area contributed by atoms with Gasteiger partial charge in [-0.05, 0) is 0 Å². The number of halogens is 7. The van der Waals surface area contributed by atoms with Crippen molar-refractivity contribution in [3.8, 4) is 0 Å². The lowest BCUT2D eigenvalue weighted by Gasteiger charge is -2.35. The molecule has 122 valence electrons. The van der Waals surface area contributed by atoms with E-state index in [2.05, 4.69) is 10.3 Å². The Labute approximate surface area is 149 Å². The molecule has 0 aliphatic carbocycles. The lowest BCUT2D eigenvalue weighted by molar-refractivity contribution is 0.0182. The third kappa shape index (κ3) is 4.93. The predicted molar refractivity (Wildman–Crippen MR) is 87.0 cm³/mol. The summed E-state index contributed by atoms with van der Waals surface area (Å²) >= 11 is 17.8. The number of rotatable bonds is 3. The Hall–Kier alpha value is 0.380. The minimum absolute atomic E-state index is 0. The minimum atomic E-state index is -2.61. The Kier molecular flexibility index (Phi) is 9.68. The molecule has 2 rings (SSSR count). The van der Waals surface area contributed by atoms with Gasteiger partial charge in [-0.3, -0.25) is 4.90 Å². The average molecular weight is 404 g/mol. The molecule has 1 fully saturated rings. The first-order valence-corrected chi connectivity index (χ1v) is 6.88. The highest BCUT2D eigenvalue weighted by Crippen LogP contribution is 2.39. The summed E-state index contributed by atoms with van der Waals surface area (Å²) in [6.07, 6.45) is -1.35. The maximum absolute atomic E-state index is 13.4. The van der Waals surface area contributed by atoms with Crippen LogP contribution in [0.4, 0.5) is 8.78 Å². The van der Waals surface area contributed by atoms with Gasteiger partial charge in [-0.2, -0.15) is 0 Å².